The molecule has 144 valence electrons. The van der Waals surface area contributed by atoms with Crippen LogP contribution in [0.2, 0.25) is 0 Å². The van der Waals surface area contributed by atoms with E-state index in [1.165, 1.54) is 12.1 Å². The van der Waals surface area contributed by atoms with Crippen molar-refractivity contribution in [2.75, 3.05) is 49.9 Å². The lowest BCUT2D eigenvalue weighted by molar-refractivity contribution is -0.118. The molecule has 0 radical (unpaired) electrons. The molecule has 7 heteroatoms. The Hall–Kier alpha value is -2.25. The molecule has 1 rings (SSSR count). The number of nitrogens with one attached hydrogen (secondary N) is 2. The van der Waals surface area contributed by atoms with Gasteiger partial charge in [0.15, 0.2) is 0 Å². The van der Waals surface area contributed by atoms with Crippen molar-refractivity contribution in [2.24, 2.45) is 0 Å². The summed E-state index contributed by atoms with van der Waals surface area (Å²) in [6.07, 6.45) is 0. The fraction of sp³-hybridized carbons (Fsp3) is 0.526. The molecule has 0 bridgehead atoms. The van der Waals surface area contributed by atoms with Crippen molar-refractivity contribution >= 4 is 23.2 Å². The number of carbonyl (C=O) groups is 2. The van der Waals surface area contributed by atoms with Gasteiger partial charge in [0.05, 0.1) is 18.8 Å². The summed E-state index contributed by atoms with van der Waals surface area (Å²) in [6, 6.07) is 6.03. The quantitative estimate of drug-likeness (QED) is 0.661. The number of hydrogen-bond acceptors (Lipinski definition) is 5. The molecule has 0 heterocycles. The largest absolute Gasteiger partial charge is 0.325 e. The van der Waals surface area contributed by atoms with Crippen LogP contribution in [0, 0.1) is 0 Å². The van der Waals surface area contributed by atoms with Crippen molar-refractivity contribution in [3.05, 3.63) is 34.5 Å². The highest BCUT2D eigenvalue weighted by molar-refractivity contribution is 5.93. The van der Waals surface area contributed by atoms with E-state index in [0.29, 0.717) is 12.2 Å². The van der Waals surface area contributed by atoms with Gasteiger partial charge in [-0.2, -0.15) is 0 Å². The van der Waals surface area contributed by atoms with Crippen molar-refractivity contribution < 1.29 is 9.59 Å². The van der Waals surface area contributed by atoms with Gasteiger partial charge in [0.25, 0.3) is 0 Å². The minimum absolute atomic E-state index is 0.139. The first kappa shape index (κ1) is 21.8. The number of hydrogen-bond donors (Lipinski definition) is 2. The van der Waals surface area contributed by atoms with E-state index in [9.17, 15) is 14.4 Å². The number of rotatable bonds is 10. The summed E-state index contributed by atoms with van der Waals surface area (Å²) in [4.78, 5) is 40.2. The summed E-state index contributed by atoms with van der Waals surface area (Å²) in [5, 5.41) is 5.43. The Morgan fingerprint density at radius 3 is 1.73 bits per heavy atom. The maximum absolute atomic E-state index is 12.1. The maximum atomic E-state index is 12.1. The van der Waals surface area contributed by atoms with Crippen molar-refractivity contribution in [1.82, 2.24) is 9.80 Å². The highest BCUT2D eigenvalue weighted by Crippen LogP contribution is 2.07. The molecule has 0 fully saturated rings. The summed E-state index contributed by atoms with van der Waals surface area (Å²) >= 11 is 0. The number of nitrogens with zero attached hydrogens (tertiary/aromatic N) is 2. The summed E-state index contributed by atoms with van der Waals surface area (Å²) in [7, 11) is 0. The highest BCUT2D eigenvalue weighted by atomic mass is 16.2. The average Bonchev–Trinajstić information content (AvgIpc) is 2.80. The Balaban J connectivity index is 2.78. The zero-order chi connectivity index (χ0) is 19.5. The zero-order valence-corrected chi connectivity index (χ0v) is 16.2. The smallest absolute Gasteiger partial charge is 0.238 e. The molecule has 0 atom stereocenters. The van der Waals surface area contributed by atoms with Gasteiger partial charge in [0, 0.05) is 5.69 Å². The summed E-state index contributed by atoms with van der Waals surface area (Å²) in [5.74, 6) is -0.372. The molecule has 0 aliphatic carbocycles. The molecule has 26 heavy (non-hydrogen) atoms. The lowest BCUT2D eigenvalue weighted by Gasteiger charge is -2.17. The number of likely N-dealkylation sites (N-methyl/N-ethyl adjacent to an activating group) is 2. The molecule has 0 aliphatic heterocycles. The van der Waals surface area contributed by atoms with Crippen LogP contribution < -0.4 is 16.1 Å². The Morgan fingerprint density at radius 1 is 0.769 bits per heavy atom. The van der Waals surface area contributed by atoms with Gasteiger partial charge in [0.1, 0.15) is 0 Å². The van der Waals surface area contributed by atoms with Crippen LogP contribution in [0.15, 0.2) is 29.1 Å². The standard InChI is InChI=1S/C19H30N4O3/c1-5-22(6-2)13-18(25)20-15-9-11-16(17(24)12-10-15)21-19(26)14-23(7-3)8-4/h9-12H,5-8,13-14H2,1-4H3,(H,20,25)(H,21,24,26). The second kappa shape index (κ2) is 11.4. The molecule has 2 amide bonds. The molecule has 0 saturated heterocycles. The first-order valence-corrected chi connectivity index (χ1v) is 9.12. The normalized spacial score (nSPS) is 10.8. The van der Waals surface area contributed by atoms with Gasteiger partial charge < -0.3 is 10.6 Å². The molecule has 1 aromatic carbocycles. The van der Waals surface area contributed by atoms with Crippen LogP contribution in [0.25, 0.3) is 0 Å². The van der Waals surface area contributed by atoms with Crippen LogP contribution in [-0.2, 0) is 9.59 Å². The second-order valence-corrected chi connectivity index (χ2v) is 5.92. The van der Waals surface area contributed by atoms with Crippen LogP contribution in [0.4, 0.5) is 11.4 Å². The van der Waals surface area contributed by atoms with Crippen LogP contribution in [-0.4, -0.2) is 60.9 Å². The van der Waals surface area contributed by atoms with Gasteiger partial charge in [-0.3, -0.25) is 24.2 Å². The third kappa shape index (κ3) is 7.33. The van der Waals surface area contributed by atoms with Gasteiger partial charge in [-0.1, -0.05) is 27.7 Å². The summed E-state index contributed by atoms with van der Waals surface area (Å²) in [6.45, 7) is 11.6. The first-order chi connectivity index (χ1) is 12.4. The monoisotopic (exact) mass is 362 g/mol. The van der Waals surface area contributed by atoms with Gasteiger partial charge >= 0.3 is 0 Å². The van der Waals surface area contributed by atoms with E-state index >= 15 is 0 Å². The predicted octanol–water partition coefficient (Wildman–Crippen LogP) is 1.61. The van der Waals surface area contributed by atoms with E-state index in [1.54, 1.807) is 12.1 Å². The lowest BCUT2D eigenvalue weighted by Crippen LogP contribution is -2.33. The van der Waals surface area contributed by atoms with Gasteiger partial charge in [-0.05, 0) is 50.4 Å². The Bertz CT molecular complexity index is 655. The minimum Gasteiger partial charge on any atom is -0.325 e. The van der Waals surface area contributed by atoms with Crippen LogP contribution in [0.5, 0.6) is 0 Å². The van der Waals surface area contributed by atoms with Gasteiger partial charge in [-0.15, -0.1) is 0 Å². The van der Waals surface area contributed by atoms with E-state index in [1.807, 2.05) is 37.5 Å². The molecular weight excluding hydrogens is 332 g/mol. The first-order valence-electron chi connectivity index (χ1n) is 9.12. The highest BCUT2D eigenvalue weighted by Gasteiger charge is 2.10. The lowest BCUT2D eigenvalue weighted by atomic mass is 10.3. The molecule has 0 saturated carbocycles. The average molecular weight is 362 g/mol. The molecule has 0 unspecified atom stereocenters. The van der Waals surface area contributed by atoms with Gasteiger partial charge in [0.2, 0.25) is 17.2 Å². The molecular formula is C19H30N4O3. The molecule has 0 aromatic heterocycles. The summed E-state index contributed by atoms with van der Waals surface area (Å²) in [5.41, 5.74) is 0.414. The molecule has 0 spiro atoms. The van der Waals surface area contributed by atoms with Crippen molar-refractivity contribution in [1.29, 1.82) is 0 Å². The second-order valence-electron chi connectivity index (χ2n) is 5.92. The van der Waals surface area contributed by atoms with Crippen molar-refractivity contribution in [2.45, 2.75) is 27.7 Å². The van der Waals surface area contributed by atoms with Crippen LogP contribution in [0.1, 0.15) is 27.7 Å². The van der Waals surface area contributed by atoms with Crippen LogP contribution in [0.3, 0.4) is 0 Å². The van der Waals surface area contributed by atoms with Gasteiger partial charge in [-0.25, -0.2) is 0 Å². The Kier molecular flexibility index (Phi) is 9.54. The van der Waals surface area contributed by atoms with E-state index in [4.69, 9.17) is 0 Å². The summed E-state index contributed by atoms with van der Waals surface area (Å²) < 4.78 is 0. The van der Waals surface area contributed by atoms with Crippen molar-refractivity contribution in [3.8, 4) is 0 Å². The van der Waals surface area contributed by atoms with E-state index in [0.717, 1.165) is 26.2 Å². The Morgan fingerprint density at radius 2 is 1.23 bits per heavy atom. The SMILES string of the molecule is CCN(CC)CC(=O)Nc1ccc(NC(=O)CN(CC)CC)c(=O)cc1. The topological polar surface area (TPSA) is 81.8 Å². The predicted molar refractivity (Wildman–Crippen MR) is 106 cm³/mol. The number of amides is 2. The minimum atomic E-state index is -0.304. The fourth-order valence-electron chi connectivity index (χ4n) is 2.44. The number of carbonyl (C=O) groups excluding carboxylic acids is 2. The third-order valence-electron chi connectivity index (χ3n) is 4.19. The zero-order valence-electron chi connectivity index (χ0n) is 16.2. The third-order valence-corrected chi connectivity index (χ3v) is 4.19. The molecule has 2 N–H and O–H groups in total. The molecule has 1 aromatic rings. The van der Waals surface area contributed by atoms with E-state index < -0.39 is 0 Å². The van der Waals surface area contributed by atoms with Crippen LogP contribution >= 0.6 is 0 Å². The molecule has 7 nitrogen and oxygen atoms in total. The maximum Gasteiger partial charge on any atom is 0.238 e. The fourth-order valence-corrected chi connectivity index (χ4v) is 2.44. The Labute approximate surface area is 155 Å². The number of anilines is 2. The molecule has 0 aliphatic rings. The van der Waals surface area contributed by atoms with E-state index in [-0.39, 0.29) is 29.5 Å². The van der Waals surface area contributed by atoms with E-state index in [2.05, 4.69) is 10.6 Å². The van der Waals surface area contributed by atoms with Crippen molar-refractivity contribution in [3.63, 3.8) is 0 Å².